The topological polar surface area (TPSA) is 0 Å². The molecule has 4 aliphatic rings. The van der Waals surface area contributed by atoms with Crippen LogP contribution in [0.5, 0.6) is 0 Å². The van der Waals surface area contributed by atoms with Crippen LogP contribution in [0, 0.1) is 35.0 Å². The predicted molar refractivity (Wildman–Crippen MR) is 103 cm³/mol. The van der Waals surface area contributed by atoms with Crippen LogP contribution in [0.2, 0.25) is 0 Å². The molecular formula is C24H35. The van der Waals surface area contributed by atoms with Gasteiger partial charge in [-0.1, -0.05) is 52.0 Å². The van der Waals surface area contributed by atoms with Gasteiger partial charge in [-0.3, -0.25) is 0 Å². The monoisotopic (exact) mass is 323 g/mol. The van der Waals surface area contributed by atoms with Crippen molar-refractivity contribution in [3.63, 3.8) is 0 Å². The minimum atomic E-state index is 0.617. The minimum absolute atomic E-state index is 0.617. The van der Waals surface area contributed by atoms with Crippen molar-refractivity contribution in [3.8, 4) is 0 Å². The van der Waals surface area contributed by atoms with Gasteiger partial charge in [-0.05, 0) is 91.1 Å². The Kier molecular flexibility index (Phi) is 4.30. The van der Waals surface area contributed by atoms with Crippen LogP contribution in [0.1, 0.15) is 89.7 Å². The van der Waals surface area contributed by atoms with Crippen LogP contribution in [0.3, 0.4) is 0 Å². The summed E-state index contributed by atoms with van der Waals surface area (Å²) in [6, 6.07) is 9.25. The highest BCUT2D eigenvalue weighted by molar-refractivity contribution is 5.41. The molecule has 0 spiro atoms. The van der Waals surface area contributed by atoms with Gasteiger partial charge in [0, 0.05) is 5.92 Å². The third-order valence-corrected chi connectivity index (χ3v) is 7.36. The third kappa shape index (κ3) is 2.95. The van der Waals surface area contributed by atoms with E-state index in [-0.39, 0.29) is 0 Å². The van der Waals surface area contributed by atoms with Crippen molar-refractivity contribution < 1.29 is 0 Å². The van der Waals surface area contributed by atoms with E-state index >= 15 is 0 Å². The fraction of sp³-hybridized carbons (Fsp3) is 0.708. The van der Waals surface area contributed by atoms with Gasteiger partial charge < -0.3 is 0 Å². The first-order valence-electron chi connectivity index (χ1n) is 10.4. The molecule has 4 fully saturated rings. The minimum Gasteiger partial charge on any atom is -0.0620 e. The van der Waals surface area contributed by atoms with Gasteiger partial charge in [0.2, 0.25) is 0 Å². The van der Waals surface area contributed by atoms with Gasteiger partial charge in [-0.25, -0.2) is 0 Å². The van der Waals surface area contributed by atoms with E-state index in [9.17, 15) is 0 Å². The van der Waals surface area contributed by atoms with Gasteiger partial charge in [0.1, 0.15) is 0 Å². The van der Waals surface area contributed by atoms with E-state index in [1.807, 2.05) is 0 Å². The quantitative estimate of drug-likeness (QED) is 0.547. The van der Waals surface area contributed by atoms with E-state index < -0.39 is 0 Å². The van der Waals surface area contributed by atoms with E-state index in [2.05, 4.69) is 52.0 Å². The Labute approximate surface area is 149 Å². The fourth-order valence-corrected chi connectivity index (χ4v) is 6.81. The van der Waals surface area contributed by atoms with Crippen LogP contribution in [-0.4, -0.2) is 0 Å². The van der Waals surface area contributed by atoms with Crippen molar-refractivity contribution in [2.75, 3.05) is 0 Å². The molecule has 5 rings (SSSR count). The summed E-state index contributed by atoms with van der Waals surface area (Å²) in [6.45, 7) is 9.54. The second-order valence-corrected chi connectivity index (χ2v) is 10.0. The number of hydrogen-bond donors (Lipinski definition) is 0. The predicted octanol–water partition coefficient (Wildman–Crippen LogP) is 7.00. The molecule has 4 aliphatic carbocycles. The van der Waals surface area contributed by atoms with Crippen LogP contribution in [0.15, 0.2) is 24.3 Å². The smallest absolute Gasteiger partial charge is 0.00836 e. The van der Waals surface area contributed by atoms with Gasteiger partial charge >= 0.3 is 0 Å². The molecule has 0 atom stereocenters. The van der Waals surface area contributed by atoms with Crippen LogP contribution >= 0.6 is 0 Å². The Hall–Kier alpha value is -0.780. The average Bonchev–Trinajstić information content (AvgIpc) is 2.51. The molecular weight excluding hydrogens is 288 g/mol. The first-order chi connectivity index (χ1) is 11.5. The van der Waals surface area contributed by atoms with Crippen molar-refractivity contribution in [1.29, 1.82) is 0 Å². The number of hydrogen-bond acceptors (Lipinski definition) is 0. The molecule has 1 aromatic carbocycles. The molecule has 0 N–H and O–H groups in total. The SMILES string of the molecule is CC(C)[C](CC12CC3CC(CC(C3)C1)C2)c1ccccc1C(C)C. The lowest BCUT2D eigenvalue weighted by molar-refractivity contribution is -0.0556. The molecule has 131 valence electrons. The van der Waals surface area contributed by atoms with Crippen molar-refractivity contribution in [1.82, 2.24) is 0 Å². The summed E-state index contributed by atoms with van der Waals surface area (Å²) in [7, 11) is 0. The second kappa shape index (κ2) is 6.19. The van der Waals surface area contributed by atoms with Gasteiger partial charge in [0.15, 0.2) is 0 Å². The summed E-state index contributed by atoms with van der Waals surface area (Å²) >= 11 is 0. The molecule has 0 heterocycles. The summed E-state index contributed by atoms with van der Waals surface area (Å²) < 4.78 is 0. The van der Waals surface area contributed by atoms with Gasteiger partial charge in [0.25, 0.3) is 0 Å². The van der Waals surface area contributed by atoms with E-state index in [4.69, 9.17) is 0 Å². The summed E-state index contributed by atoms with van der Waals surface area (Å²) in [4.78, 5) is 0. The first kappa shape index (κ1) is 16.7. The Morgan fingerprint density at radius 1 is 0.917 bits per heavy atom. The van der Waals surface area contributed by atoms with E-state index in [1.54, 1.807) is 36.3 Å². The summed E-state index contributed by atoms with van der Waals surface area (Å²) in [5.74, 6) is 6.21. The van der Waals surface area contributed by atoms with Crippen molar-refractivity contribution in [2.24, 2.45) is 29.1 Å². The maximum atomic E-state index is 2.42. The molecule has 0 heteroatoms. The van der Waals surface area contributed by atoms with Crippen LogP contribution in [0.25, 0.3) is 0 Å². The Balaban J connectivity index is 1.63. The molecule has 0 aromatic heterocycles. The molecule has 0 aliphatic heterocycles. The fourth-order valence-electron chi connectivity index (χ4n) is 6.81. The lowest BCUT2D eigenvalue weighted by atomic mass is 9.47. The number of rotatable bonds is 5. The summed E-state index contributed by atoms with van der Waals surface area (Å²) in [6.07, 6.45) is 10.6. The lowest BCUT2D eigenvalue weighted by Crippen LogP contribution is -2.47. The highest BCUT2D eigenvalue weighted by Crippen LogP contribution is 2.63. The Morgan fingerprint density at radius 2 is 1.46 bits per heavy atom. The molecule has 4 saturated carbocycles. The maximum absolute atomic E-state index is 2.42. The van der Waals surface area contributed by atoms with Gasteiger partial charge in [-0.15, -0.1) is 0 Å². The average molecular weight is 324 g/mol. The third-order valence-electron chi connectivity index (χ3n) is 7.36. The highest BCUT2D eigenvalue weighted by Gasteiger charge is 2.51. The largest absolute Gasteiger partial charge is 0.0620 e. The van der Waals surface area contributed by atoms with Gasteiger partial charge in [0.05, 0.1) is 0 Å². The zero-order chi connectivity index (χ0) is 16.9. The first-order valence-corrected chi connectivity index (χ1v) is 10.4. The van der Waals surface area contributed by atoms with Crippen molar-refractivity contribution in [3.05, 3.63) is 41.3 Å². The number of benzene rings is 1. The van der Waals surface area contributed by atoms with Crippen molar-refractivity contribution in [2.45, 2.75) is 78.6 Å². The molecule has 0 nitrogen and oxygen atoms in total. The van der Waals surface area contributed by atoms with E-state index in [1.165, 1.54) is 25.7 Å². The second-order valence-electron chi connectivity index (χ2n) is 10.0. The molecule has 24 heavy (non-hydrogen) atoms. The Morgan fingerprint density at radius 3 is 1.96 bits per heavy atom. The van der Waals surface area contributed by atoms with Crippen molar-refractivity contribution >= 4 is 0 Å². The van der Waals surface area contributed by atoms with E-state index in [0.717, 1.165) is 17.8 Å². The maximum Gasteiger partial charge on any atom is 0.00836 e. The zero-order valence-corrected chi connectivity index (χ0v) is 16.1. The molecule has 1 radical (unpaired) electrons. The highest BCUT2D eigenvalue weighted by atomic mass is 14.6. The van der Waals surface area contributed by atoms with Gasteiger partial charge in [-0.2, -0.15) is 0 Å². The normalized spacial score (nSPS) is 34.7. The van der Waals surface area contributed by atoms with Crippen LogP contribution in [-0.2, 0) is 0 Å². The molecule has 4 bridgehead atoms. The zero-order valence-electron chi connectivity index (χ0n) is 16.1. The van der Waals surface area contributed by atoms with Crippen LogP contribution in [0.4, 0.5) is 0 Å². The van der Waals surface area contributed by atoms with E-state index in [0.29, 0.717) is 17.3 Å². The molecule has 0 amide bonds. The lowest BCUT2D eigenvalue weighted by Gasteiger charge is -2.58. The van der Waals surface area contributed by atoms with Crippen LogP contribution < -0.4 is 0 Å². The molecule has 1 aromatic rings. The molecule has 0 unspecified atom stereocenters. The molecule has 0 saturated heterocycles. The Bertz CT molecular complexity index is 544. The summed E-state index contributed by atoms with van der Waals surface area (Å²) in [5.41, 5.74) is 3.79. The summed E-state index contributed by atoms with van der Waals surface area (Å²) in [5, 5.41) is 0. The standard InChI is InChI=1S/C24H35/c1-16(2)21-7-5-6-8-22(21)23(17(3)4)15-24-12-18-9-19(13-24)11-20(10-18)14-24/h5-8,16-20H,9-15H2,1-4H3.